The predicted octanol–water partition coefficient (Wildman–Crippen LogP) is 2.69. The number of nitriles is 1. The van der Waals surface area contributed by atoms with Crippen molar-refractivity contribution in [2.45, 2.75) is 6.42 Å². The minimum atomic E-state index is -0.400. The van der Waals surface area contributed by atoms with E-state index in [1.165, 1.54) is 17.4 Å². The van der Waals surface area contributed by atoms with Gasteiger partial charge in [-0.15, -0.1) is 11.3 Å². The maximum Gasteiger partial charge on any atom is 0.147 e. The molecule has 0 radical (unpaired) electrons. The largest absolute Gasteiger partial charge is 0.396 e. The monoisotopic (exact) mass is 206 g/mol. The van der Waals surface area contributed by atoms with E-state index < -0.39 is 5.82 Å². The third-order valence-electron chi connectivity index (χ3n) is 2.04. The number of thiophene rings is 1. The predicted molar refractivity (Wildman–Crippen MR) is 55.5 cm³/mol. The van der Waals surface area contributed by atoms with Crippen molar-refractivity contribution in [3.8, 4) is 6.07 Å². The van der Waals surface area contributed by atoms with Gasteiger partial charge < -0.3 is 5.73 Å². The summed E-state index contributed by atoms with van der Waals surface area (Å²) in [5.74, 6) is -0.400. The number of benzene rings is 1. The summed E-state index contributed by atoms with van der Waals surface area (Å²) in [5.41, 5.74) is 6.51. The molecule has 0 aliphatic rings. The molecule has 1 aromatic heterocycles. The van der Waals surface area contributed by atoms with Crippen LogP contribution in [-0.4, -0.2) is 0 Å². The van der Waals surface area contributed by atoms with Gasteiger partial charge in [0.1, 0.15) is 5.82 Å². The number of nitrogen functional groups attached to an aromatic ring is 1. The van der Waals surface area contributed by atoms with Gasteiger partial charge in [-0.2, -0.15) is 5.26 Å². The third kappa shape index (κ3) is 1.32. The zero-order chi connectivity index (χ0) is 10.1. The third-order valence-corrected chi connectivity index (χ3v) is 3.04. The summed E-state index contributed by atoms with van der Waals surface area (Å²) in [6.07, 6.45) is 0.338. The van der Waals surface area contributed by atoms with Crippen LogP contribution in [-0.2, 0) is 6.42 Å². The molecule has 70 valence electrons. The van der Waals surface area contributed by atoms with Crippen LogP contribution in [0.5, 0.6) is 0 Å². The molecule has 0 atom stereocenters. The molecule has 2 rings (SSSR count). The van der Waals surface area contributed by atoms with Crippen LogP contribution in [0.3, 0.4) is 0 Å². The molecule has 0 saturated heterocycles. The Morgan fingerprint density at radius 2 is 2.29 bits per heavy atom. The second-order valence-electron chi connectivity index (χ2n) is 2.97. The van der Waals surface area contributed by atoms with Gasteiger partial charge in [-0.3, -0.25) is 0 Å². The zero-order valence-electron chi connectivity index (χ0n) is 7.25. The van der Waals surface area contributed by atoms with Crippen LogP contribution in [0.25, 0.3) is 10.1 Å². The first-order chi connectivity index (χ1) is 6.72. The molecular weight excluding hydrogens is 199 g/mol. The van der Waals surface area contributed by atoms with E-state index in [1.807, 2.05) is 5.38 Å². The molecule has 0 amide bonds. The summed E-state index contributed by atoms with van der Waals surface area (Å²) < 4.78 is 13.9. The van der Waals surface area contributed by atoms with E-state index >= 15 is 0 Å². The number of hydrogen-bond acceptors (Lipinski definition) is 3. The first kappa shape index (κ1) is 8.97. The van der Waals surface area contributed by atoms with E-state index in [4.69, 9.17) is 11.0 Å². The Morgan fingerprint density at radius 1 is 1.50 bits per heavy atom. The Labute approximate surface area is 84.4 Å². The van der Waals surface area contributed by atoms with E-state index in [-0.39, 0.29) is 5.69 Å². The molecule has 0 aliphatic heterocycles. The first-order valence-electron chi connectivity index (χ1n) is 4.04. The number of anilines is 1. The van der Waals surface area contributed by atoms with Crippen molar-refractivity contribution in [3.63, 3.8) is 0 Å². The maximum absolute atomic E-state index is 13.1. The molecule has 0 spiro atoms. The summed E-state index contributed by atoms with van der Waals surface area (Å²) >= 11 is 1.43. The lowest BCUT2D eigenvalue weighted by atomic mass is 10.1. The Kier molecular flexibility index (Phi) is 2.10. The molecular formula is C10H7FN2S. The average Bonchev–Trinajstić information content (AvgIpc) is 2.51. The van der Waals surface area contributed by atoms with Crippen molar-refractivity contribution in [1.29, 1.82) is 5.26 Å². The standard InChI is InChI=1S/C10H7FN2S/c11-8-4-10-7(3-9(8)13)6(1-2-12)5-14-10/h3-5H,1,13H2. The molecule has 4 heteroatoms. The fourth-order valence-corrected chi connectivity index (χ4v) is 2.31. The summed E-state index contributed by atoms with van der Waals surface area (Å²) in [4.78, 5) is 0. The number of rotatable bonds is 1. The van der Waals surface area contributed by atoms with Gasteiger partial charge in [0.25, 0.3) is 0 Å². The number of hydrogen-bond donors (Lipinski definition) is 1. The van der Waals surface area contributed by atoms with Crippen LogP contribution in [0, 0.1) is 17.1 Å². The van der Waals surface area contributed by atoms with Crippen LogP contribution >= 0.6 is 11.3 Å². The number of nitrogens with zero attached hydrogens (tertiary/aromatic N) is 1. The van der Waals surface area contributed by atoms with Crippen molar-refractivity contribution in [2.75, 3.05) is 5.73 Å². The molecule has 1 heterocycles. The Bertz CT molecular complexity index is 525. The molecule has 2 N–H and O–H groups in total. The fraction of sp³-hybridized carbons (Fsp3) is 0.100. The molecule has 14 heavy (non-hydrogen) atoms. The van der Waals surface area contributed by atoms with Gasteiger partial charge in [-0.05, 0) is 28.5 Å². The smallest absolute Gasteiger partial charge is 0.147 e. The van der Waals surface area contributed by atoms with Gasteiger partial charge in [0.2, 0.25) is 0 Å². The Balaban J connectivity index is 2.69. The van der Waals surface area contributed by atoms with Gasteiger partial charge in [0.15, 0.2) is 0 Å². The van der Waals surface area contributed by atoms with Crippen LogP contribution in [0.2, 0.25) is 0 Å². The van der Waals surface area contributed by atoms with Crippen LogP contribution in [0.15, 0.2) is 17.5 Å². The molecule has 0 fully saturated rings. The van der Waals surface area contributed by atoms with Gasteiger partial charge >= 0.3 is 0 Å². The SMILES string of the molecule is N#CCc1csc2cc(F)c(N)cc12. The number of nitrogens with two attached hydrogens (primary N) is 1. The van der Waals surface area contributed by atoms with Gasteiger partial charge in [0, 0.05) is 4.70 Å². The van der Waals surface area contributed by atoms with Gasteiger partial charge in [-0.1, -0.05) is 0 Å². The Morgan fingerprint density at radius 3 is 3.00 bits per heavy atom. The lowest BCUT2D eigenvalue weighted by molar-refractivity contribution is 0.634. The normalized spacial score (nSPS) is 10.3. The summed E-state index contributed by atoms with van der Waals surface area (Å²) in [5, 5.41) is 11.3. The van der Waals surface area contributed by atoms with Crippen LogP contribution in [0.1, 0.15) is 5.56 Å². The summed E-state index contributed by atoms with van der Waals surface area (Å²) in [6, 6.07) is 5.07. The van der Waals surface area contributed by atoms with Gasteiger partial charge in [-0.25, -0.2) is 4.39 Å². The maximum atomic E-state index is 13.1. The van der Waals surface area contributed by atoms with Crippen molar-refractivity contribution < 1.29 is 4.39 Å². The zero-order valence-corrected chi connectivity index (χ0v) is 8.07. The van der Waals surface area contributed by atoms with Crippen molar-refractivity contribution in [3.05, 3.63) is 28.9 Å². The number of halogens is 1. The minimum absolute atomic E-state index is 0.134. The number of fused-ring (bicyclic) bond motifs is 1. The summed E-state index contributed by atoms with van der Waals surface area (Å²) in [6.45, 7) is 0. The van der Waals surface area contributed by atoms with E-state index in [0.29, 0.717) is 6.42 Å². The van der Waals surface area contributed by atoms with Crippen molar-refractivity contribution in [2.24, 2.45) is 0 Å². The first-order valence-corrected chi connectivity index (χ1v) is 4.92. The van der Waals surface area contributed by atoms with E-state index in [1.54, 1.807) is 6.07 Å². The highest BCUT2D eigenvalue weighted by Gasteiger charge is 2.07. The highest BCUT2D eigenvalue weighted by atomic mass is 32.1. The quantitative estimate of drug-likeness (QED) is 0.729. The molecule has 1 aromatic carbocycles. The second-order valence-corrected chi connectivity index (χ2v) is 3.88. The van der Waals surface area contributed by atoms with Crippen LogP contribution < -0.4 is 5.73 Å². The fourth-order valence-electron chi connectivity index (χ4n) is 1.34. The minimum Gasteiger partial charge on any atom is -0.396 e. The highest BCUT2D eigenvalue weighted by Crippen LogP contribution is 2.29. The lowest BCUT2D eigenvalue weighted by Gasteiger charge is -1.97. The molecule has 0 unspecified atom stereocenters. The van der Waals surface area contributed by atoms with Crippen LogP contribution in [0.4, 0.5) is 10.1 Å². The average molecular weight is 206 g/mol. The molecule has 0 saturated carbocycles. The van der Waals surface area contributed by atoms with E-state index in [2.05, 4.69) is 6.07 Å². The molecule has 2 nitrogen and oxygen atoms in total. The van der Waals surface area contributed by atoms with Gasteiger partial charge in [0.05, 0.1) is 18.2 Å². The van der Waals surface area contributed by atoms with Crippen molar-refractivity contribution >= 4 is 27.1 Å². The lowest BCUT2D eigenvalue weighted by Crippen LogP contribution is -1.89. The summed E-state index contributed by atoms with van der Waals surface area (Å²) in [7, 11) is 0. The van der Waals surface area contributed by atoms with E-state index in [9.17, 15) is 4.39 Å². The second kappa shape index (κ2) is 3.28. The molecule has 0 bridgehead atoms. The molecule has 2 aromatic rings. The van der Waals surface area contributed by atoms with Crippen molar-refractivity contribution in [1.82, 2.24) is 0 Å². The molecule has 0 aliphatic carbocycles. The van der Waals surface area contributed by atoms with E-state index in [0.717, 1.165) is 15.6 Å². The topological polar surface area (TPSA) is 49.8 Å². The highest BCUT2D eigenvalue weighted by molar-refractivity contribution is 7.17. The Hall–Kier alpha value is -1.60.